The summed E-state index contributed by atoms with van der Waals surface area (Å²) < 4.78 is 1.62. The fourth-order valence-corrected chi connectivity index (χ4v) is 2.69. The Kier molecular flexibility index (Phi) is 4.17. The Balaban J connectivity index is 1.92. The summed E-state index contributed by atoms with van der Waals surface area (Å²) in [6, 6.07) is 7.28. The molecule has 3 rings (SSSR count). The summed E-state index contributed by atoms with van der Waals surface area (Å²) in [7, 11) is 0. The lowest BCUT2D eigenvalue weighted by Crippen LogP contribution is -2.38. The number of ketones is 1. The number of aryl methyl sites for hydroxylation is 2. The second-order valence-electron chi connectivity index (χ2n) is 5.93. The summed E-state index contributed by atoms with van der Waals surface area (Å²) in [5.74, 6) is -1.09. The number of carbonyl (C=O) groups excluding carboxylic acids is 2. The average molecular weight is 322 g/mol. The van der Waals surface area contributed by atoms with Crippen molar-refractivity contribution in [2.75, 3.05) is 4.90 Å². The van der Waals surface area contributed by atoms with Gasteiger partial charge < -0.3 is 4.90 Å². The molecule has 6 heteroatoms. The smallest absolute Gasteiger partial charge is 0.299 e. The normalized spacial score (nSPS) is 13.4. The highest BCUT2D eigenvalue weighted by Gasteiger charge is 2.37. The molecular formula is C18H18N4O2. The van der Waals surface area contributed by atoms with Gasteiger partial charge in [0.2, 0.25) is 0 Å². The minimum absolute atomic E-state index is 0.0503. The number of hydrogen-bond donors (Lipinski definition) is 0. The highest BCUT2D eigenvalue weighted by molar-refractivity contribution is 6.47. The fourth-order valence-electron chi connectivity index (χ4n) is 2.69. The van der Waals surface area contributed by atoms with Crippen LogP contribution < -0.4 is 4.90 Å². The van der Waals surface area contributed by atoms with E-state index in [1.807, 2.05) is 13.8 Å². The van der Waals surface area contributed by atoms with Gasteiger partial charge in [-0.15, -0.1) is 0 Å². The molecule has 1 saturated carbocycles. The lowest BCUT2D eigenvalue weighted by atomic mass is 10.1. The molecule has 2 aromatic rings. The maximum absolute atomic E-state index is 12.8. The molecule has 122 valence electrons. The van der Waals surface area contributed by atoms with Crippen molar-refractivity contribution < 1.29 is 9.59 Å². The molecule has 1 amide bonds. The van der Waals surface area contributed by atoms with Crippen LogP contribution in [0.1, 0.15) is 41.3 Å². The Morgan fingerprint density at radius 3 is 2.71 bits per heavy atom. The summed E-state index contributed by atoms with van der Waals surface area (Å²) in [5, 5.41) is 13.1. The molecule has 1 heterocycles. The Labute approximate surface area is 140 Å². The van der Waals surface area contributed by atoms with E-state index in [4.69, 9.17) is 5.26 Å². The van der Waals surface area contributed by atoms with E-state index < -0.39 is 11.7 Å². The zero-order chi connectivity index (χ0) is 17.3. The van der Waals surface area contributed by atoms with Crippen molar-refractivity contribution in [1.29, 1.82) is 5.26 Å². The molecule has 1 aliphatic carbocycles. The fraction of sp³-hybridized carbons (Fsp3) is 0.333. The van der Waals surface area contributed by atoms with E-state index in [9.17, 15) is 9.59 Å². The molecule has 24 heavy (non-hydrogen) atoms. The van der Waals surface area contributed by atoms with Crippen LogP contribution in [-0.4, -0.2) is 27.5 Å². The van der Waals surface area contributed by atoms with Crippen LogP contribution in [-0.2, 0) is 11.3 Å². The molecule has 0 spiro atoms. The minimum Gasteiger partial charge on any atom is -0.302 e. The van der Waals surface area contributed by atoms with Crippen LogP contribution in [0, 0.1) is 18.3 Å². The molecule has 0 atom stereocenters. The van der Waals surface area contributed by atoms with Crippen molar-refractivity contribution in [2.45, 2.75) is 39.3 Å². The predicted molar refractivity (Wildman–Crippen MR) is 88.6 cm³/mol. The molecule has 0 N–H and O–H groups in total. The van der Waals surface area contributed by atoms with Gasteiger partial charge in [-0.25, -0.2) is 0 Å². The van der Waals surface area contributed by atoms with Gasteiger partial charge in [0.1, 0.15) is 0 Å². The van der Waals surface area contributed by atoms with Crippen LogP contribution in [0.4, 0.5) is 5.69 Å². The first-order valence-corrected chi connectivity index (χ1v) is 7.96. The number of aromatic nitrogens is 2. The van der Waals surface area contributed by atoms with Gasteiger partial charge in [0.15, 0.2) is 0 Å². The van der Waals surface area contributed by atoms with Crippen molar-refractivity contribution >= 4 is 17.4 Å². The van der Waals surface area contributed by atoms with Crippen LogP contribution in [0.5, 0.6) is 0 Å². The third-order valence-corrected chi connectivity index (χ3v) is 4.13. The molecule has 0 aliphatic heterocycles. The third kappa shape index (κ3) is 2.93. The topological polar surface area (TPSA) is 79.0 Å². The maximum Gasteiger partial charge on any atom is 0.299 e. The largest absolute Gasteiger partial charge is 0.302 e. The van der Waals surface area contributed by atoms with Crippen molar-refractivity contribution in [3.63, 3.8) is 0 Å². The van der Waals surface area contributed by atoms with Gasteiger partial charge in [-0.2, -0.15) is 10.4 Å². The summed E-state index contributed by atoms with van der Waals surface area (Å²) in [5.41, 5.74) is 2.35. The molecule has 1 aromatic carbocycles. The molecule has 0 bridgehead atoms. The average Bonchev–Trinajstić information content (AvgIpc) is 3.31. The second kappa shape index (κ2) is 6.28. The number of hydrogen-bond acceptors (Lipinski definition) is 4. The van der Waals surface area contributed by atoms with Gasteiger partial charge in [0, 0.05) is 24.5 Å². The van der Waals surface area contributed by atoms with Crippen molar-refractivity contribution in [3.05, 3.63) is 47.3 Å². The number of amides is 1. The number of carbonyl (C=O) groups is 2. The number of nitrogens with zero attached hydrogens (tertiary/aromatic N) is 4. The van der Waals surface area contributed by atoms with Gasteiger partial charge in [0.05, 0.1) is 23.4 Å². The Morgan fingerprint density at radius 2 is 2.17 bits per heavy atom. The molecule has 1 fully saturated rings. The Morgan fingerprint density at radius 1 is 1.42 bits per heavy atom. The zero-order valence-electron chi connectivity index (χ0n) is 13.7. The van der Waals surface area contributed by atoms with Crippen LogP contribution in [0.15, 0.2) is 30.6 Å². The summed E-state index contributed by atoms with van der Waals surface area (Å²) >= 11 is 0. The lowest BCUT2D eigenvalue weighted by molar-refractivity contribution is -0.114. The van der Waals surface area contributed by atoms with Crippen molar-refractivity contribution in [2.24, 2.45) is 0 Å². The maximum atomic E-state index is 12.8. The summed E-state index contributed by atoms with van der Waals surface area (Å²) in [6.45, 7) is 4.40. The first kappa shape index (κ1) is 15.9. The van der Waals surface area contributed by atoms with E-state index in [1.54, 1.807) is 34.0 Å². The van der Waals surface area contributed by atoms with Gasteiger partial charge in [-0.05, 0) is 50.5 Å². The van der Waals surface area contributed by atoms with Crippen LogP contribution >= 0.6 is 0 Å². The lowest BCUT2D eigenvalue weighted by Gasteiger charge is -2.23. The van der Waals surface area contributed by atoms with Gasteiger partial charge in [-0.3, -0.25) is 14.3 Å². The first-order chi connectivity index (χ1) is 11.5. The molecule has 0 saturated heterocycles. The van der Waals surface area contributed by atoms with Gasteiger partial charge in [0.25, 0.3) is 11.7 Å². The number of rotatable bonds is 5. The van der Waals surface area contributed by atoms with E-state index in [0.717, 1.165) is 18.4 Å². The number of Topliss-reactive ketones (excluding diaryl/α,β-unsaturated/α-hetero) is 1. The van der Waals surface area contributed by atoms with Crippen LogP contribution in [0.25, 0.3) is 0 Å². The number of anilines is 1. The standard InChI is InChI=1S/C18H18N4O2/c1-3-21-11-14(10-20-21)17(23)18(24)22(15-5-6-15)16-7-4-13(9-19)8-12(16)2/h4,7-8,10-11,15H,3,5-6H2,1-2H3. The minimum atomic E-state index is -0.551. The monoisotopic (exact) mass is 322 g/mol. The first-order valence-electron chi connectivity index (χ1n) is 7.96. The highest BCUT2D eigenvalue weighted by atomic mass is 16.2. The second-order valence-corrected chi connectivity index (χ2v) is 5.93. The van der Waals surface area contributed by atoms with E-state index in [0.29, 0.717) is 23.4 Å². The Hall–Kier alpha value is -2.94. The Bertz CT molecular complexity index is 843. The predicted octanol–water partition coefficient (Wildman–Crippen LogP) is 2.46. The summed E-state index contributed by atoms with van der Waals surface area (Å²) in [4.78, 5) is 26.9. The van der Waals surface area contributed by atoms with Gasteiger partial charge >= 0.3 is 0 Å². The zero-order valence-corrected chi connectivity index (χ0v) is 13.7. The van der Waals surface area contributed by atoms with E-state index >= 15 is 0 Å². The van der Waals surface area contributed by atoms with Crippen molar-refractivity contribution in [1.82, 2.24) is 9.78 Å². The molecular weight excluding hydrogens is 304 g/mol. The highest BCUT2D eigenvalue weighted by Crippen LogP contribution is 2.34. The number of nitriles is 1. The van der Waals surface area contributed by atoms with E-state index in [-0.39, 0.29) is 6.04 Å². The molecule has 0 radical (unpaired) electrons. The quantitative estimate of drug-likeness (QED) is 0.625. The van der Waals surface area contributed by atoms with E-state index in [1.165, 1.54) is 6.20 Å². The molecule has 6 nitrogen and oxygen atoms in total. The molecule has 1 aromatic heterocycles. The molecule has 0 unspecified atom stereocenters. The summed E-state index contributed by atoms with van der Waals surface area (Å²) in [6.07, 6.45) is 4.79. The van der Waals surface area contributed by atoms with Crippen LogP contribution in [0.3, 0.4) is 0 Å². The third-order valence-electron chi connectivity index (χ3n) is 4.13. The van der Waals surface area contributed by atoms with Gasteiger partial charge in [-0.1, -0.05) is 0 Å². The van der Waals surface area contributed by atoms with Crippen LogP contribution in [0.2, 0.25) is 0 Å². The van der Waals surface area contributed by atoms with E-state index in [2.05, 4.69) is 11.2 Å². The van der Waals surface area contributed by atoms with Crippen molar-refractivity contribution in [3.8, 4) is 6.07 Å². The molecule has 1 aliphatic rings. The number of benzene rings is 1. The SMILES string of the molecule is CCn1cc(C(=O)C(=O)N(c2ccc(C#N)cc2C)C2CC2)cn1.